The van der Waals surface area contributed by atoms with Gasteiger partial charge in [0.25, 0.3) is 0 Å². The zero-order valence-electron chi connectivity index (χ0n) is 9.56. The van der Waals surface area contributed by atoms with Crippen LogP contribution in [0.3, 0.4) is 0 Å². The van der Waals surface area contributed by atoms with Crippen molar-refractivity contribution in [1.82, 2.24) is 5.32 Å². The molecule has 0 aliphatic heterocycles. The Bertz CT molecular complexity index is 450. The Labute approximate surface area is 98.3 Å². The molecule has 92 valence electrons. The highest BCUT2D eigenvalue weighted by Crippen LogP contribution is 2.20. The third kappa shape index (κ3) is 3.33. The average molecular weight is 241 g/mol. The summed E-state index contributed by atoms with van der Waals surface area (Å²) in [6.45, 7) is 2.47. The van der Waals surface area contributed by atoms with Crippen LogP contribution in [0.1, 0.15) is 25.3 Å². The number of halogens is 3. The quantitative estimate of drug-likeness (QED) is 0.798. The standard InChI is InChI=1S/C13H14F3N/c1-8(7-17-10-2-3-10)4-9-5-12(15)13(16)6-11(9)14/h4-6,10,17H,2-3,7H2,1H3/b8-4-. The van der Waals surface area contributed by atoms with Gasteiger partial charge < -0.3 is 5.32 Å². The summed E-state index contributed by atoms with van der Waals surface area (Å²) in [5.41, 5.74) is 0.973. The first-order valence-corrected chi connectivity index (χ1v) is 5.61. The molecule has 1 saturated carbocycles. The summed E-state index contributed by atoms with van der Waals surface area (Å²) in [7, 11) is 0. The molecule has 17 heavy (non-hydrogen) atoms. The largest absolute Gasteiger partial charge is 0.310 e. The van der Waals surface area contributed by atoms with Gasteiger partial charge >= 0.3 is 0 Å². The van der Waals surface area contributed by atoms with E-state index in [0.29, 0.717) is 18.7 Å². The summed E-state index contributed by atoms with van der Waals surface area (Å²) in [6, 6.07) is 2.02. The van der Waals surface area contributed by atoms with Gasteiger partial charge in [-0.3, -0.25) is 0 Å². The van der Waals surface area contributed by atoms with E-state index in [1.807, 2.05) is 6.92 Å². The molecule has 0 radical (unpaired) electrons. The first-order valence-electron chi connectivity index (χ1n) is 5.61. The van der Waals surface area contributed by atoms with Crippen LogP contribution in [0.5, 0.6) is 0 Å². The van der Waals surface area contributed by atoms with Crippen LogP contribution in [-0.4, -0.2) is 12.6 Å². The lowest BCUT2D eigenvalue weighted by molar-refractivity contribution is 0.494. The van der Waals surface area contributed by atoms with E-state index in [4.69, 9.17) is 0 Å². The molecule has 2 rings (SSSR count). The minimum atomic E-state index is -1.16. The fraction of sp³-hybridized carbons (Fsp3) is 0.385. The van der Waals surface area contributed by atoms with Crippen LogP contribution in [0.25, 0.3) is 6.08 Å². The number of hydrogen-bond donors (Lipinski definition) is 1. The van der Waals surface area contributed by atoms with Crippen LogP contribution in [0.15, 0.2) is 17.7 Å². The van der Waals surface area contributed by atoms with Gasteiger partial charge in [0.15, 0.2) is 11.6 Å². The van der Waals surface area contributed by atoms with Gasteiger partial charge in [-0.25, -0.2) is 13.2 Å². The fourth-order valence-electron chi connectivity index (χ4n) is 1.56. The second-order valence-corrected chi connectivity index (χ2v) is 4.43. The van der Waals surface area contributed by atoms with E-state index in [2.05, 4.69) is 5.32 Å². The predicted octanol–water partition coefficient (Wildman–Crippen LogP) is 3.26. The molecule has 4 heteroatoms. The molecule has 0 bridgehead atoms. The normalized spacial score (nSPS) is 16.4. The lowest BCUT2D eigenvalue weighted by Gasteiger charge is -2.04. The van der Waals surface area contributed by atoms with E-state index in [1.54, 1.807) is 0 Å². The summed E-state index contributed by atoms with van der Waals surface area (Å²) in [4.78, 5) is 0. The van der Waals surface area contributed by atoms with E-state index < -0.39 is 17.5 Å². The van der Waals surface area contributed by atoms with E-state index in [9.17, 15) is 13.2 Å². The Hall–Kier alpha value is -1.29. The predicted molar refractivity (Wildman–Crippen MR) is 61.0 cm³/mol. The molecule has 1 nitrogen and oxygen atoms in total. The number of hydrogen-bond acceptors (Lipinski definition) is 1. The Morgan fingerprint density at radius 1 is 1.24 bits per heavy atom. The lowest BCUT2D eigenvalue weighted by atomic mass is 10.1. The molecule has 0 atom stereocenters. The maximum Gasteiger partial charge on any atom is 0.161 e. The van der Waals surface area contributed by atoms with Crippen LogP contribution in [0.4, 0.5) is 13.2 Å². The highest BCUT2D eigenvalue weighted by atomic mass is 19.2. The van der Waals surface area contributed by atoms with Gasteiger partial charge in [0.2, 0.25) is 0 Å². The van der Waals surface area contributed by atoms with Crippen LogP contribution in [0, 0.1) is 17.5 Å². The summed E-state index contributed by atoms with van der Waals surface area (Å²) in [5.74, 6) is -2.93. The van der Waals surface area contributed by atoms with Crippen LogP contribution in [-0.2, 0) is 0 Å². The van der Waals surface area contributed by atoms with Crippen molar-refractivity contribution in [2.24, 2.45) is 0 Å². The summed E-state index contributed by atoms with van der Waals surface area (Å²) in [6.07, 6.45) is 3.88. The molecule has 1 aromatic carbocycles. The summed E-state index contributed by atoms with van der Waals surface area (Å²) < 4.78 is 39.0. The van der Waals surface area contributed by atoms with Gasteiger partial charge in [0, 0.05) is 24.2 Å². The van der Waals surface area contributed by atoms with Crippen molar-refractivity contribution in [1.29, 1.82) is 0 Å². The zero-order chi connectivity index (χ0) is 12.4. The lowest BCUT2D eigenvalue weighted by Crippen LogP contribution is -2.18. The molecule has 0 spiro atoms. The molecular weight excluding hydrogens is 227 g/mol. The Morgan fingerprint density at radius 3 is 2.53 bits per heavy atom. The highest BCUT2D eigenvalue weighted by Gasteiger charge is 2.19. The highest BCUT2D eigenvalue weighted by molar-refractivity contribution is 5.53. The summed E-state index contributed by atoms with van der Waals surface area (Å²) >= 11 is 0. The third-order valence-corrected chi connectivity index (χ3v) is 2.69. The first-order chi connectivity index (χ1) is 8.06. The number of benzene rings is 1. The number of rotatable bonds is 4. The maximum atomic E-state index is 13.3. The van der Waals surface area contributed by atoms with Gasteiger partial charge in [-0.05, 0) is 25.8 Å². The minimum absolute atomic E-state index is 0.0824. The number of nitrogens with one attached hydrogen (secondary N) is 1. The van der Waals surface area contributed by atoms with Crippen molar-refractivity contribution in [3.05, 3.63) is 40.7 Å². The molecule has 1 N–H and O–H groups in total. The zero-order valence-corrected chi connectivity index (χ0v) is 9.56. The van der Waals surface area contributed by atoms with Gasteiger partial charge in [-0.1, -0.05) is 11.6 Å². The Morgan fingerprint density at radius 2 is 1.88 bits per heavy atom. The molecule has 1 aliphatic rings. The minimum Gasteiger partial charge on any atom is -0.310 e. The monoisotopic (exact) mass is 241 g/mol. The molecule has 0 heterocycles. The van der Waals surface area contributed by atoms with Crippen LogP contribution in [0.2, 0.25) is 0 Å². The van der Waals surface area contributed by atoms with Crippen LogP contribution < -0.4 is 5.32 Å². The van der Waals surface area contributed by atoms with Crippen molar-refractivity contribution >= 4 is 6.08 Å². The fourth-order valence-corrected chi connectivity index (χ4v) is 1.56. The summed E-state index contributed by atoms with van der Waals surface area (Å²) in [5, 5.41) is 3.26. The molecule has 0 unspecified atom stereocenters. The van der Waals surface area contributed by atoms with Gasteiger partial charge in [-0.2, -0.15) is 0 Å². The molecule has 1 aromatic rings. The molecule has 1 aliphatic carbocycles. The molecule has 1 fully saturated rings. The van der Waals surface area contributed by atoms with Crippen molar-refractivity contribution in [2.45, 2.75) is 25.8 Å². The Kier molecular flexibility index (Phi) is 3.52. The van der Waals surface area contributed by atoms with Gasteiger partial charge in [0.1, 0.15) is 5.82 Å². The Balaban J connectivity index is 2.09. The average Bonchev–Trinajstić information content (AvgIpc) is 3.07. The van der Waals surface area contributed by atoms with E-state index >= 15 is 0 Å². The second kappa shape index (κ2) is 4.92. The molecule has 0 saturated heterocycles. The van der Waals surface area contributed by atoms with Crippen molar-refractivity contribution < 1.29 is 13.2 Å². The SMILES string of the molecule is C/C(=C/c1cc(F)c(F)cc1F)CNC1CC1. The topological polar surface area (TPSA) is 12.0 Å². The van der Waals surface area contributed by atoms with Gasteiger partial charge in [-0.15, -0.1) is 0 Å². The van der Waals surface area contributed by atoms with Gasteiger partial charge in [0.05, 0.1) is 0 Å². The first kappa shape index (κ1) is 12.2. The van der Waals surface area contributed by atoms with Crippen molar-refractivity contribution in [2.75, 3.05) is 6.54 Å². The van der Waals surface area contributed by atoms with E-state index in [1.165, 1.54) is 18.9 Å². The van der Waals surface area contributed by atoms with Crippen molar-refractivity contribution in [3.8, 4) is 0 Å². The van der Waals surface area contributed by atoms with Crippen LogP contribution >= 0.6 is 0 Å². The third-order valence-electron chi connectivity index (χ3n) is 2.69. The molecule has 0 aromatic heterocycles. The van der Waals surface area contributed by atoms with E-state index in [-0.39, 0.29) is 5.56 Å². The molecule has 0 amide bonds. The van der Waals surface area contributed by atoms with Crippen molar-refractivity contribution in [3.63, 3.8) is 0 Å². The second-order valence-electron chi connectivity index (χ2n) is 4.43. The smallest absolute Gasteiger partial charge is 0.161 e. The van der Waals surface area contributed by atoms with E-state index in [0.717, 1.165) is 11.6 Å². The maximum absolute atomic E-state index is 13.3. The molecular formula is C13H14F3N.